The molecule has 0 aliphatic heterocycles. The summed E-state index contributed by atoms with van der Waals surface area (Å²) < 4.78 is 34.6. The molecule has 0 aliphatic rings. The summed E-state index contributed by atoms with van der Waals surface area (Å²) in [7, 11) is -2.36. The Hall–Kier alpha value is -2.10. The monoisotopic (exact) mass is 470 g/mol. The van der Waals surface area contributed by atoms with Crippen LogP contribution < -0.4 is 19.9 Å². The van der Waals surface area contributed by atoms with Crippen LogP contribution in [-0.2, 0) is 10.0 Å². The summed E-state index contributed by atoms with van der Waals surface area (Å²) in [6, 6.07) is 9.13. The Morgan fingerprint density at radius 1 is 1.21 bits per heavy atom. The molecule has 0 spiro atoms. The fourth-order valence-corrected chi connectivity index (χ4v) is 3.46. The van der Waals surface area contributed by atoms with Crippen molar-refractivity contribution in [2.75, 3.05) is 13.7 Å². The molecule has 0 aromatic heterocycles. The van der Waals surface area contributed by atoms with Crippen molar-refractivity contribution < 1.29 is 22.7 Å². The van der Waals surface area contributed by atoms with Crippen LogP contribution in [0.1, 0.15) is 42.2 Å². The number of hydrogen-bond acceptors (Lipinski definition) is 5. The molecule has 0 aliphatic carbocycles. The Bertz CT molecular complexity index is 963. The van der Waals surface area contributed by atoms with Crippen LogP contribution in [0.4, 0.5) is 0 Å². The Morgan fingerprint density at radius 2 is 1.93 bits per heavy atom. The van der Waals surface area contributed by atoms with Crippen molar-refractivity contribution in [3.8, 4) is 11.5 Å². The van der Waals surface area contributed by atoms with Crippen LogP contribution >= 0.6 is 15.9 Å². The molecule has 0 fully saturated rings. The summed E-state index contributed by atoms with van der Waals surface area (Å²) in [5.41, 5.74) is 0.987. The Morgan fingerprint density at radius 3 is 2.54 bits per heavy atom. The zero-order valence-electron chi connectivity index (χ0n) is 15.9. The van der Waals surface area contributed by atoms with Gasteiger partial charge >= 0.3 is 0 Å². The first-order valence-electron chi connectivity index (χ1n) is 8.61. The van der Waals surface area contributed by atoms with Crippen LogP contribution in [0.25, 0.3) is 0 Å². The van der Waals surface area contributed by atoms with E-state index in [1.54, 1.807) is 19.2 Å². The van der Waals surface area contributed by atoms with Gasteiger partial charge in [0.15, 0.2) is 11.5 Å². The number of benzene rings is 2. The third-order valence-corrected chi connectivity index (χ3v) is 5.61. The molecule has 2 aromatic carbocycles. The molecule has 2 rings (SSSR count). The Kier molecular flexibility index (Phi) is 7.45. The molecular weight excluding hydrogens is 448 g/mol. The lowest BCUT2D eigenvalue weighted by molar-refractivity contribution is 0.0939. The highest BCUT2D eigenvalue weighted by Gasteiger charge is 2.18. The van der Waals surface area contributed by atoms with Crippen LogP contribution in [0.3, 0.4) is 0 Å². The van der Waals surface area contributed by atoms with Gasteiger partial charge in [-0.1, -0.05) is 13.0 Å². The van der Waals surface area contributed by atoms with Crippen molar-refractivity contribution in [3.63, 3.8) is 0 Å². The van der Waals surface area contributed by atoms with E-state index in [0.717, 1.165) is 12.0 Å². The van der Waals surface area contributed by atoms with E-state index in [1.807, 2.05) is 19.9 Å². The van der Waals surface area contributed by atoms with E-state index in [1.165, 1.54) is 18.2 Å². The number of nitrogens with one attached hydrogen (secondary N) is 1. The van der Waals surface area contributed by atoms with E-state index in [0.29, 0.717) is 22.6 Å². The second-order valence-electron chi connectivity index (χ2n) is 6.14. The summed E-state index contributed by atoms with van der Waals surface area (Å²) in [4.78, 5) is 12.5. The molecular formula is C19H23BrN2O5S. The smallest absolute Gasteiger partial charge is 0.252 e. The van der Waals surface area contributed by atoms with Gasteiger partial charge in [0.1, 0.15) is 0 Å². The van der Waals surface area contributed by atoms with Gasteiger partial charge in [0.2, 0.25) is 10.0 Å². The number of rotatable bonds is 8. The highest BCUT2D eigenvalue weighted by atomic mass is 79.9. The number of methoxy groups -OCH3 is 1. The molecule has 0 saturated carbocycles. The summed E-state index contributed by atoms with van der Waals surface area (Å²) in [5.74, 6) is 0.773. The van der Waals surface area contributed by atoms with Crippen LogP contribution in [-0.4, -0.2) is 28.0 Å². The van der Waals surface area contributed by atoms with Gasteiger partial charge < -0.3 is 14.8 Å². The van der Waals surface area contributed by atoms with E-state index in [4.69, 9.17) is 14.6 Å². The van der Waals surface area contributed by atoms with Crippen LogP contribution in [0.5, 0.6) is 11.5 Å². The third kappa shape index (κ3) is 5.46. The lowest BCUT2D eigenvalue weighted by atomic mass is 10.1. The lowest BCUT2D eigenvalue weighted by Gasteiger charge is -2.18. The Balaban J connectivity index is 2.23. The Labute approximate surface area is 173 Å². The number of nitrogens with two attached hydrogens (primary N) is 1. The minimum absolute atomic E-state index is 0.132. The average molecular weight is 471 g/mol. The van der Waals surface area contributed by atoms with Gasteiger partial charge in [0, 0.05) is 4.47 Å². The topological polar surface area (TPSA) is 108 Å². The molecule has 1 amide bonds. The van der Waals surface area contributed by atoms with E-state index in [2.05, 4.69) is 21.2 Å². The van der Waals surface area contributed by atoms with E-state index >= 15 is 0 Å². The molecule has 3 N–H and O–H groups in total. The minimum Gasteiger partial charge on any atom is -0.493 e. The predicted molar refractivity (Wildman–Crippen MR) is 110 cm³/mol. The number of hydrogen-bond donors (Lipinski definition) is 2. The largest absolute Gasteiger partial charge is 0.493 e. The van der Waals surface area contributed by atoms with Crippen molar-refractivity contribution in [3.05, 3.63) is 52.0 Å². The number of primary sulfonamides is 1. The minimum atomic E-state index is -3.91. The molecule has 28 heavy (non-hydrogen) atoms. The van der Waals surface area contributed by atoms with Crippen molar-refractivity contribution >= 4 is 31.9 Å². The maximum Gasteiger partial charge on any atom is 0.252 e. The standard InChI is InChI=1S/C19H23BrN2O5S/c1-4-9-27-17-8-5-13(10-18(17)26-3)12(2)22-19(23)15-11-14(28(21,24)25)6-7-16(15)20/h5-8,10-12H,4,9H2,1-3H3,(H,22,23)(H2,21,24,25). The molecule has 1 atom stereocenters. The maximum atomic E-state index is 12.7. The number of ether oxygens (including phenoxy) is 2. The van der Waals surface area contributed by atoms with Crippen LogP contribution in [0.15, 0.2) is 45.8 Å². The molecule has 7 nitrogen and oxygen atoms in total. The fourth-order valence-electron chi connectivity index (χ4n) is 2.50. The summed E-state index contributed by atoms with van der Waals surface area (Å²) in [6.07, 6.45) is 0.879. The van der Waals surface area contributed by atoms with Crippen molar-refractivity contribution in [2.45, 2.75) is 31.2 Å². The number of amides is 1. The molecule has 0 radical (unpaired) electrons. The fraction of sp³-hybridized carbons (Fsp3) is 0.316. The van der Waals surface area contributed by atoms with Gasteiger partial charge in [0.05, 0.1) is 30.2 Å². The zero-order chi connectivity index (χ0) is 20.9. The van der Waals surface area contributed by atoms with Gasteiger partial charge in [-0.05, 0) is 65.2 Å². The van der Waals surface area contributed by atoms with Gasteiger partial charge in [-0.15, -0.1) is 0 Å². The number of sulfonamides is 1. The molecule has 2 aromatic rings. The van der Waals surface area contributed by atoms with Crippen molar-refractivity contribution in [2.24, 2.45) is 5.14 Å². The van der Waals surface area contributed by atoms with E-state index in [9.17, 15) is 13.2 Å². The highest BCUT2D eigenvalue weighted by molar-refractivity contribution is 9.10. The molecule has 0 heterocycles. The van der Waals surface area contributed by atoms with Gasteiger partial charge in [-0.2, -0.15) is 0 Å². The van der Waals surface area contributed by atoms with E-state index < -0.39 is 15.9 Å². The summed E-state index contributed by atoms with van der Waals surface area (Å²) in [6.45, 7) is 4.41. The van der Waals surface area contributed by atoms with Gasteiger partial charge in [0.25, 0.3) is 5.91 Å². The predicted octanol–water partition coefficient (Wildman–Crippen LogP) is 3.38. The zero-order valence-corrected chi connectivity index (χ0v) is 18.3. The first-order chi connectivity index (χ1) is 13.2. The average Bonchev–Trinajstić information content (AvgIpc) is 2.65. The summed E-state index contributed by atoms with van der Waals surface area (Å²) in [5, 5.41) is 7.99. The van der Waals surface area contributed by atoms with Crippen LogP contribution in [0, 0.1) is 0 Å². The lowest BCUT2D eigenvalue weighted by Crippen LogP contribution is -2.27. The van der Waals surface area contributed by atoms with Gasteiger partial charge in [-0.3, -0.25) is 4.79 Å². The first-order valence-corrected chi connectivity index (χ1v) is 10.9. The summed E-state index contributed by atoms with van der Waals surface area (Å²) >= 11 is 3.27. The molecule has 9 heteroatoms. The second kappa shape index (κ2) is 9.40. The number of carbonyl (C=O) groups excluding carboxylic acids is 1. The van der Waals surface area contributed by atoms with Gasteiger partial charge in [-0.25, -0.2) is 13.6 Å². The SMILES string of the molecule is CCCOc1ccc(C(C)NC(=O)c2cc(S(N)(=O)=O)ccc2Br)cc1OC. The molecule has 0 bridgehead atoms. The number of carbonyl (C=O) groups is 1. The highest BCUT2D eigenvalue weighted by Crippen LogP contribution is 2.31. The van der Waals surface area contributed by atoms with Crippen molar-refractivity contribution in [1.82, 2.24) is 5.32 Å². The maximum absolute atomic E-state index is 12.7. The van der Waals surface area contributed by atoms with E-state index in [-0.39, 0.29) is 16.5 Å². The first kappa shape index (κ1) is 22.2. The normalized spacial score (nSPS) is 12.3. The van der Waals surface area contributed by atoms with Crippen LogP contribution in [0.2, 0.25) is 0 Å². The molecule has 0 saturated heterocycles. The molecule has 1 unspecified atom stereocenters. The third-order valence-electron chi connectivity index (χ3n) is 4.01. The number of halogens is 1. The molecule has 152 valence electrons. The van der Waals surface area contributed by atoms with Crippen molar-refractivity contribution in [1.29, 1.82) is 0 Å². The quantitative estimate of drug-likeness (QED) is 0.614. The second-order valence-corrected chi connectivity index (χ2v) is 8.56.